The lowest BCUT2D eigenvalue weighted by atomic mass is 10.1. The highest BCUT2D eigenvalue weighted by Crippen LogP contribution is 2.33. The van der Waals surface area contributed by atoms with E-state index in [2.05, 4.69) is 11.1 Å². The summed E-state index contributed by atoms with van der Waals surface area (Å²) < 4.78 is 13.3. The second kappa shape index (κ2) is 10.7. The van der Waals surface area contributed by atoms with Crippen molar-refractivity contribution in [3.8, 4) is 17.6 Å². The maximum Gasteiger partial charge on any atom is 0.162 e. The van der Waals surface area contributed by atoms with Crippen molar-refractivity contribution in [1.29, 1.82) is 5.26 Å². The number of nitriles is 1. The van der Waals surface area contributed by atoms with Gasteiger partial charge in [0.25, 0.3) is 0 Å². The molecule has 0 radical (unpaired) electrons. The van der Waals surface area contributed by atoms with Gasteiger partial charge in [0.15, 0.2) is 11.5 Å². The Hall–Kier alpha value is -4.40. The Balaban J connectivity index is 1.44. The van der Waals surface area contributed by atoms with Gasteiger partial charge in [-0.05, 0) is 47.0 Å². The summed E-state index contributed by atoms with van der Waals surface area (Å²) in [5.41, 5.74) is 4.39. The maximum atomic E-state index is 9.84. The van der Waals surface area contributed by atoms with Crippen LogP contribution in [0.3, 0.4) is 0 Å². The average molecular weight is 475 g/mol. The van der Waals surface area contributed by atoms with Gasteiger partial charge in [0.05, 0.1) is 15.8 Å². The number of benzene rings is 4. The van der Waals surface area contributed by atoms with Crippen molar-refractivity contribution in [1.82, 2.24) is 4.98 Å². The Labute approximate surface area is 208 Å². The quantitative estimate of drug-likeness (QED) is 0.218. The highest BCUT2D eigenvalue weighted by Gasteiger charge is 2.11. The number of hydrogen-bond acceptors (Lipinski definition) is 5. The van der Waals surface area contributed by atoms with E-state index in [0.717, 1.165) is 26.9 Å². The Bertz CT molecular complexity index is 1470. The van der Waals surface area contributed by atoms with E-state index in [1.807, 2.05) is 109 Å². The lowest BCUT2D eigenvalue weighted by molar-refractivity contribution is 0.256. The van der Waals surface area contributed by atoms with Crippen molar-refractivity contribution in [3.05, 3.63) is 125 Å². The third-order valence-corrected chi connectivity index (χ3v) is 6.47. The largest absolute Gasteiger partial charge is 0.485 e. The van der Waals surface area contributed by atoms with E-state index in [0.29, 0.717) is 35.3 Å². The minimum absolute atomic E-state index is 0.415. The van der Waals surface area contributed by atoms with Gasteiger partial charge in [-0.2, -0.15) is 5.26 Å². The SMILES string of the molecule is N#CC(=Cc1ccc(OCc2ccccc2)c(OCc2ccccc2)c1)c1nc2ccccc2s1. The van der Waals surface area contributed by atoms with Crippen molar-refractivity contribution in [2.45, 2.75) is 13.2 Å². The Morgan fingerprint density at radius 3 is 2.06 bits per heavy atom. The molecule has 0 amide bonds. The Kier molecular flexibility index (Phi) is 6.84. The van der Waals surface area contributed by atoms with Crippen LogP contribution in [0.5, 0.6) is 11.5 Å². The molecule has 0 aliphatic carbocycles. The van der Waals surface area contributed by atoms with Gasteiger partial charge in [-0.1, -0.05) is 78.9 Å². The minimum Gasteiger partial charge on any atom is -0.485 e. The summed E-state index contributed by atoms with van der Waals surface area (Å²) in [6.07, 6.45) is 1.84. The summed E-state index contributed by atoms with van der Waals surface area (Å²) in [6.45, 7) is 0.853. The van der Waals surface area contributed by atoms with Crippen LogP contribution in [0.4, 0.5) is 0 Å². The standard InChI is InChI=1S/C30H22N2O2S/c31-19-25(30-32-26-13-7-8-14-29(26)35-30)17-24-15-16-27(33-20-22-9-3-1-4-10-22)28(18-24)34-21-23-11-5-2-6-12-23/h1-18H,20-21H2. The van der Waals surface area contributed by atoms with Crippen LogP contribution in [0.15, 0.2) is 103 Å². The molecule has 170 valence electrons. The van der Waals surface area contributed by atoms with Crippen LogP contribution in [0, 0.1) is 11.3 Å². The molecule has 1 aromatic heterocycles. The number of allylic oxidation sites excluding steroid dienone is 1. The van der Waals surface area contributed by atoms with Crippen LogP contribution in [0.25, 0.3) is 21.9 Å². The van der Waals surface area contributed by atoms with Crippen LogP contribution in [-0.4, -0.2) is 4.98 Å². The summed E-state index contributed by atoms with van der Waals surface area (Å²) in [5, 5.41) is 10.5. The number of para-hydroxylation sites is 1. The van der Waals surface area contributed by atoms with Crippen molar-refractivity contribution < 1.29 is 9.47 Å². The highest BCUT2D eigenvalue weighted by molar-refractivity contribution is 7.19. The number of aromatic nitrogens is 1. The van der Waals surface area contributed by atoms with E-state index in [-0.39, 0.29) is 0 Å². The summed E-state index contributed by atoms with van der Waals surface area (Å²) in [5.74, 6) is 1.28. The predicted octanol–water partition coefficient (Wildman–Crippen LogP) is 7.52. The zero-order valence-corrected chi connectivity index (χ0v) is 19.7. The van der Waals surface area contributed by atoms with Gasteiger partial charge in [-0.3, -0.25) is 0 Å². The van der Waals surface area contributed by atoms with E-state index < -0.39 is 0 Å². The molecule has 0 fully saturated rings. The number of nitrogens with zero attached hydrogens (tertiary/aromatic N) is 2. The number of hydrogen-bond donors (Lipinski definition) is 0. The van der Waals surface area contributed by atoms with Crippen LogP contribution in [0.1, 0.15) is 21.7 Å². The van der Waals surface area contributed by atoms with Gasteiger partial charge >= 0.3 is 0 Å². The fraction of sp³-hybridized carbons (Fsp3) is 0.0667. The minimum atomic E-state index is 0.415. The number of thiazole rings is 1. The van der Waals surface area contributed by atoms with E-state index in [1.54, 1.807) is 0 Å². The fourth-order valence-electron chi connectivity index (χ4n) is 3.61. The lowest BCUT2D eigenvalue weighted by Crippen LogP contribution is -2.01. The van der Waals surface area contributed by atoms with Gasteiger partial charge < -0.3 is 9.47 Å². The molecule has 35 heavy (non-hydrogen) atoms. The molecule has 0 saturated heterocycles. The molecular formula is C30H22N2O2S. The van der Waals surface area contributed by atoms with E-state index in [9.17, 15) is 5.26 Å². The second-order valence-electron chi connectivity index (χ2n) is 7.91. The van der Waals surface area contributed by atoms with Crippen molar-refractivity contribution in [2.75, 3.05) is 0 Å². The number of rotatable bonds is 8. The van der Waals surface area contributed by atoms with Crippen LogP contribution >= 0.6 is 11.3 Å². The van der Waals surface area contributed by atoms with Crippen LogP contribution in [-0.2, 0) is 13.2 Å². The molecule has 0 atom stereocenters. The second-order valence-corrected chi connectivity index (χ2v) is 8.94. The number of ether oxygens (including phenoxy) is 2. The smallest absolute Gasteiger partial charge is 0.162 e. The molecule has 0 spiro atoms. The summed E-state index contributed by atoms with van der Waals surface area (Å²) in [4.78, 5) is 4.63. The van der Waals surface area contributed by atoms with Gasteiger partial charge in [0, 0.05) is 0 Å². The van der Waals surface area contributed by atoms with Crippen molar-refractivity contribution >= 4 is 33.2 Å². The lowest BCUT2D eigenvalue weighted by Gasteiger charge is -2.14. The maximum absolute atomic E-state index is 9.84. The molecule has 1 heterocycles. The normalized spacial score (nSPS) is 11.2. The number of fused-ring (bicyclic) bond motifs is 1. The Morgan fingerprint density at radius 2 is 1.40 bits per heavy atom. The summed E-state index contributed by atoms with van der Waals surface area (Å²) >= 11 is 1.51. The molecule has 0 unspecified atom stereocenters. The highest BCUT2D eigenvalue weighted by atomic mass is 32.1. The average Bonchev–Trinajstić information content (AvgIpc) is 3.35. The van der Waals surface area contributed by atoms with Gasteiger partial charge in [0.1, 0.15) is 24.3 Å². The first kappa shape index (κ1) is 22.4. The molecular weight excluding hydrogens is 452 g/mol. The van der Waals surface area contributed by atoms with Crippen molar-refractivity contribution in [3.63, 3.8) is 0 Å². The molecule has 4 nitrogen and oxygen atoms in total. The first-order valence-electron chi connectivity index (χ1n) is 11.2. The molecule has 0 saturated carbocycles. The molecule has 4 aromatic carbocycles. The van der Waals surface area contributed by atoms with Gasteiger partial charge in [-0.25, -0.2) is 4.98 Å². The third-order valence-electron chi connectivity index (χ3n) is 5.40. The summed E-state index contributed by atoms with van der Waals surface area (Å²) in [7, 11) is 0. The molecule has 5 heteroatoms. The molecule has 0 bridgehead atoms. The Morgan fingerprint density at radius 1 is 0.771 bits per heavy atom. The molecule has 5 rings (SSSR count). The van der Waals surface area contributed by atoms with Crippen molar-refractivity contribution in [2.24, 2.45) is 0 Å². The fourth-order valence-corrected chi connectivity index (χ4v) is 4.54. The van der Waals surface area contributed by atoms with Crippen LogP contribution < -0.4 is 9.47 Å². The predicted molar refractivity (Wildman–Crippen MR) is 141 cm³/mol. The first-order chi connectivity index (χ1) is 17.3. The van der Waals surface area contributed by atoms with E-state index in [4.69, 9.17) is 9.47 Å². The molecule has 0 aliphatic rings. The van der Waals surface area contributed by atoms with Gasteiger partial charge in [0.2, 0.25) is 0 Å². The monoisotopic (exact) mass is 474 g/mol. The first-order valence-corrected chi connectivity index (χ1v) is 12.1. The zero-order valence-electron chi connectivity index (χ0n) is 18.9. The molecule has 0 aliphatic heterocycles. The van der Waals surface area contributed by atoms with E-state index in [1.165, 1.54) is 11.3 Å². The van der Waals surface area contributed by atoms with Crippen LogP contribution in [0.2, 0.25) is 0 Å². The third kappa shape index (κ3) is 5.57. The summed E-state index contributed by atoms with van der Waals surface area (Å²) in [6, 6.07) is 36.0. The van der Waals surface area contributed by atoms with E-state index >= 15 is 0 Å². The van der Waals surface area contributed by atoms with Gasteiger partial charge in [-0.15, -0.1) is 11.3 Å². The topological polar surface area (TPSA) is 55.1 Å². The molecule has 5 aromatic rings. The zero-order chi connectivity index (χ0) is 23.9. The molecule has 0 N–H and O–H groups in total.